The summed E-state index contributed by atoms with van der Waals surface area (Å²) in [7, 11) is -2.59. The molecule has 2 aromatic carbocycles. The average molecular weight is 698 g/mol. The fraction of sp³-hybridized carbons (Fsp3) is 0.0435. The second-order valence-electron chi connectivity index (χ2n) is 7.36. The van der Waals surface area contributed by atoms with Gasteiger partial charge in [0.2, 0.25) is 0 Å². The van der Waals surface area contributed by atoms with E-state index in [2.05, 4.69) is 82.1 Å². The SMILES string of the molecule is C[Si]1(c2ccccc2)C2=CC(=O)C=CC2=Nc2ccc(O)c(-c3[se]c(I)cc3I)c21. The summed E-state index contributed by atoms with van der Waals surface area (Å²) >= 11 is 4.91. The summed E-state index contributed by atoms with van der Waals surface area (Å²) in [6, 6.07) is 16.3. The van der Waals surface area contributed by atoms with E-state index >= 15 is 0 Å². The molecule has 0 fully saturated rings. The molecule has 1 aromatic heterocycles. The molecule has 1 N–H and O–H groups in total. The second kappa shape index (κ2) is 7.70. The minimum absolute atomic E-state index is 0.00106. The zero-order valence-electron chi connectivity index (χ0n) is 15.8. The second-order valence-corrected chi connectivity index (χ2v) is 17.4. The number of rotatable bonds is 2. The van der Waals surface area contributed by atoms with Gasteiger partial charge >= 0.3 is 210 Å². The van der Waals surface area contributed by atoms with Crippen LogP contribution in [0.4, 0.5) is 5.69 Å². The van der Waals surface area contributed by atoms with Gasteiger partial charge in [0.05, 0.1) is 0 Å². The van der Waals surface area contributed by atoms with Gasteiger partial charge in [-0.1, -0.05) is 0 Å². The molecule has 0 saturated heterocycles. The van der Waals surface area contributed by atoms with Gasteiger partial charge in [0.15, 0.2) is 0 Å². The number of aromatic hydroxyl groups is 1. The van der Waals surface area contributed by atoms with Crippen LogP contribution in [0.2, 0.25) is 6.55 Å². The number of aliphatic imine (C=N–C) groups is 1. The Hall–Kier alpha value is -1.26. The van der Waals surface area contributed by atoms with Crippen LogP contribution in [0.3, 0.4) is 0 Å². The summed E-state index contributed by atoms with van der Waals surface area (Å²) < 4.78 is 3.69. The van der Waals surface area contributed by atoms with Gasteiger partial charge in [0.25, 0.3) is 0 Å². The Bertz CT molecular complexity index is 1310. The van der Waals surface area contributed by atoms with Crippen LogP contribution in [0, 0.1) is 6.01 Å². The molecular formula is C23H15I2NO2SeSi. The standard InChI is InChI=1S/C23H15I2NO2SeSi/c1-30(14-5-3-2-4-6-14)19-11-13(27)7-8-16(19)26-17-9-10-18(28)21(23(17)30)22-15(24)12-20(25)29-22/h2-12,28H,1H3. The molecule has 3 nitrogen and oxygen atoms in total. The predicted molar refractivity (Wildman–Crippen MR) is 143 cm³/mol. The zero-order chi connectivity index (χ0) is 21.0. The first-order valence-corrected chi connectivity index (χ1v) is 15.7. The molecule has 148 valence electrons. The van der Waals surface area contributed by atoms with Crippen LogP contribution in [0.5, 0.6) is 5.75 Å². The first-order valence-electron chi connectivity index (χ1n) is 9.30. The zero-order valence-corrected chi connectivity index (χ0v) is 22.8. The van der Waals surface area contributed by atoms with Gasteiger partial charge in [-0.25, -0.2) is 0 Å². The summed E-state index contributed by atoms with van der Waals surface area (Å²) in [5.74, 6) is 0.296. The van der Waals surface area contributed by atoms with Crippen LogP contribution < -0.4 is 10.4 Å². The van der Waals surface area contributed by atoms with Crippen molar-refractivity contribution in [3.05, 3.63) is 78.0 Å². The van der Waals surface area contributed by atoms with Crippen LogP contribution in [-0.4, -0.2) is 39.2 Å². The van der Waals surface area contributed by atoms with Gasteiger partial charge in [-0.05, 0) is 0 Å². The number of carbonyl (C=O) groups is 1. The first-order chi connectivity index (χ1) is 14.4. The van der Waals surface area contributed by atoms with E-state index in [9.17, 15) is 9.90 Å². The Labute approximate surface area is 208 Å². The van der Waals surface area contributed by atoms with Crippen molar-refractivity contribution >= 4 is 95.3 Å². The Morgan fingerprint density at radius 2 is 1.83 bits per heavy atom. The van der Waals surface area contributed by atoms with Crippen molar-refractivity contribution in [3.63, 3.8) is 0 Å². The minimum atomic E-state index is -2.59. The van der Waals surface area contributed by atoms with Gasteiger partial charge in [-0.2, -0.15) is 0 Å². The van der Waals surface area contributed by atoms with Crippen LogP contribution in [0.1, 0.15) is 0 Å². The molecule has 0 amide bonds. The Morgan fingerprint density at radius 1 is 1.07 bits per heavy atom. The van der Waals surface area contributed by atoms with Crippen molar-refractivity contribution < 1.29 is 9.90 Å². The number of carbonyl (C=O) groups excluding carboxylic acids is 1. The number of fused-ring (bicyclic) bond motifs is 2. The monoisotopic (exact) mass is 699 g/mol. The van der Waals surface area contributed by atoms with E-state index < -0.39 is 8.07 Å². The summed E-state index contributed by atoms with van der Waals surface area (Å²) in [5.41, 5.74) is 2.69. The molecule has 1 atom stereocenters. The fourth-order valence-corrected chi connectivity index (χ4v) is 14.1. The quantitative estimate of drug-likeness (QED) is 0.248. The van der Waals surface area contributed by atoms with E-state index in [0.29, 0.717) is 5.75 Å². The third-order valence-corrected chi connectivity index (χ3v) is 15.2. The van der Waals surface area contributed by atoms with E-state index in [0.717, 1.165) is 27.3 Å². The maximum absolute atomic E-state index is 12.4. The summed E-state index contributed by atoms with van der Waals surface area (Å²) in [5, 5.41) is 14.4. The third kappa shape index (κ3) is 3.17. The van der Waals surface area contributed by atoms with Gasteiger partial charge < -0.3 is 0 Å². The van der Waals surface area contributed by atoms with E-state index in [1.807, 2.05) is 18.2 Å². The topological polar surface area (TPSA) is 49.7 Å². The van der Waals surface area contributed by atoms with E-state index in [4.69, 9.17) is 4.99 Å². The van der Waals surface area contributed by atoms with E-state index in [1.54, 1.807) is 18.2 Å². The summed E-state index contributed by atoms with van der Waals surface area (Å²) in [6.45, 7) is 2.28. The average Bonchev–Trinajstić information content (AvgIpc) is 3.07. The molecule has 0 bridgehead atoms. The molecule has 0 spiro atoms. The normalized spacial score (nSPS) is 19.8. The van der Waals surface area contributed by atoms with Crippen molar-refractivity contribution in [1.29, 1.82) is 0 Å². The van der Waals surface area contributed by atoms with Crippen LogP contribution in [0.25, 0.3) is 10.0 Å². The number of phenols is 1. The van der Waals surface area contributed by atoms with Crippen LogP contribution in [0.15, 0.2) is 76.9 Å². The molecule has 1 unspecified atom stereocenters. The molecule has 1 aliphatic heterocycles. The first kappa shape index (κ1) is 20.6. The van der Waals surface area contributed by atoms with E-state index in [1.165, 1.54) is 15.6 Å². The maximum atomic E-state index is 12.4. The van der Waals surface area contributed by atoms with Gasteiger partial charge in [-0.15, -0.1) is 0 Å². The number of ketones is 1. The fourth-order valence-electron chi connectivity index (χ4n) is 4.27. The molecule has 1 aliphatic carbocycles. The van der Waals surface area contributed by atoms with E-state index in [-0.39, 0.29) is 20.3 Å². The number of hydrogen-bond donors (Lipinski definition) is 1. The Kier molecular flexibility index (Phi) is 5.30. The molecule has 2 aliphatic rings. The number of allylic oxidation sites excluding steroid dienone is 4. The predicted octanol–water partition coefficient (Wildman–Crippen LogP) is 4.21. The van der Waals surface area contributed by atoms with Crippen LogP contribution in [-0.2, 0) is 4.79 Å². The van der Waals surface area contributed by atoms with Gasteiger partial charge in [0, 0.05) is 0 Å². The molecular weight excluding hydrogens is 683 g/mol. The van der Waals surface area contributed by atoms with Crippen molar-refractivity contribution in [2.75, 3.05) is 0 Å². The number of hydrogen-bond acceptors (Lipinski definition) is 3. The van der Waals surface area contributed by atoms with Crippen molar-refractivity contribution in [3.8, 4) is 15.8 Å². The number of nitrogens with zero attached hydrogens (tertiary/aromatic N) is 1. The molecule has 2 heterocycles. The van der Waals surface area contributed by atoms with Gasteiger partial charge in [0.1, 0.15) is 0 Å². The van der Waals surface area contributed by atoms with Crippen molar-refractivity contribution in [2.45, 2.75) is 6.55 Å². The number of halogens is 2. The molecule has 30 heavy (non-hydrogen) atoms. The molecule has 7 heteroatoms. The number of phenolic OH excluding ortho intramolecular Hbond substituents is 1. The number of benzene rings is 2. The molecule has 3 aromatic rings. The Balaban J connectivity index is 1.94. The Morgan fingerprint density at radius 3 is 2.53 bits per heavy atom. The van der Waals surface area contributed by atoms with Crippen molar-refractivity contribution in [2.24, 2.45) is 4.99 Å². The third-order valence-electron chi connectivity index (χ3n) is 5.64. The summed E-state index contributed by atoms with van der Waals surface area (Å²) in [6.07, 6.45) is 5.19. The van der Waals surface area contributed by atoms with Crippen molar-refractivity contribution in [1.82, 2.24) is 0 Å². The van der Waals surface area contributed by atoms with Gasteiger partial charge in [-0.3, -0.25) is 0 Å². The molecule has 5 rings (SSSR count). The molecule has 0 radical (unpaired) electrons. The summed E-state index contributed by atoms with van der Waals surface area (Å²) in [4.78, 5) is 17.3. The molecule has 0 saturated carbocycles. The van der Waals surface area contributed by atoms with Crippen LogP contribution >= 0.6 is 45.2 Å².